The number of carbonyl (C=O) groups excluding carboxylic acids is 1. The number of hydrogen-bond acceptors (Lipinski definition) is 5. The van der Waals surface area contributed by atoms with Gasteiger partial charge in [-0.15, -0.1) is 0 Å². The molecule has 0 saturated carbocycles. The second kappa shape index (κ2) is 11.9. The van der Waals surface area contributed by atoms with E-state index in [1.807, 2.05) is 36.4 Å². The highest BCUT2D eigenvalue weighted by atomic mass is 16.5. The lowest BCUT2D eigenvalue weighted by Gasteiger charge is -2.12. The van der Waals surface area contributed by atoms with Crippen LogP contribution in [0.15, 0.2) is 41.5 Å². The fraction of sp³-hybridized carbons (Fsp3) is 0.417. The molecule has 0 aliphatic rings. The zero-order valence-electron chi connectivity index (χ0n) is 18.5. The van der Waals surface area contributed by atoms with E-state index in [9.17, 15) is 4.79 Å². The van der Waals surface area contributed by atoms with E-state index < -0.39 is 0 Å². The number of hydrogen-bond donors (Lipinski definition) is 1. The second-order valence-corrected chi connectivity index (χ2v) is 7.55. The Morgan fingerprint density at radius 2 is 1.90 bits per heavy atom. The van der Waals surface area contributed by atoms with Gasteiger partial charge in [-0.2, -0.15) is 5.10 Å². The number of benzene rings is 2. The third-order valence-electron chi connectivity index (χ3n) is 4.56. The summed E-state index contributed by atoms with van der Waals surface area (Å²) >= 11 is 0. The lowest BCUT2D eigenvalue weighted by molar-refractivity contribution is -0.121. The van der Waals surface area contributed by atoms with E-state index in [0.717, 1.165) is 24.2 Å². The summed E-state index contributed by atoms with van der Waals surface area (Å²) in [7, 11) is 3.26. The average molecular weight is 413 g/mol. The summed E-state index contributed by atoms with van der Waals surface area (Å²) in [4.78, 5) is 12.0. The Kier molecular flexibility index (Phi) is 9.19. The monoisotopic (exact) mass is 412 g/mol. The molecule has 0 radical (unpaired) electrons. The van der Waals surface area contributed by atoms with Crippen LogP contribution in [0.3, 0.4) is 0 Å². The van der Waals surface area contributed by atoms with Gasteiger partial charge in [0, 0.05) is 6.42 Å². The molecule has 0 aliphatic carbocycles. The Morgan fingerprint density at radius 3 is 2.57 bits per heavy atom. The van der Waals surface area contributed by atoms with Crippen molar-refractivity contribution in [2.24, 2.45) is 11.0 Å². The van der Waals surface area contributed by atoms with Crippen molar-refractivity contribution in [1.82, 2.24) is 5.43 Å². The predicted octanol–water partition coefficient (Wildman–Crippen LogP) is 4.52. The summed E-state index contributed by atoms with van der Waals surface area (Å²) in [6, 6.07) is 11.6. The number of hydrazone groups is 1. The van der Waals surface area contributed by atoms with Crippen LogP contribution in [-0.2, 0) is 11.2 Å². The average Bonchev–Trinajstić information content (AvgIpc) is 2.73. The molecule has 0 saturated heterocycles. The SMILES string of the molecule is COc1ccc(CCCC(=O)N/N=C\c2ccc(OCC(C)C)c(OC)c2)c(C)c1. The van der Waals surface area contributed by atoms with Gasteiger partial charge in [0.25, 0.3) is 0 Å². The first-order valence-electron chi connectivity index (χ1n) is 10.2. The number of nitrogens with one attached hydrogen (secondary N) is 1. The minimum atomic E-state index is -0.110. The van der Waals surface area contributed by atoms with Gasteiger partial charge in [-0.3, -0.25) is 4.79 Å². The molecule has 0 heterocycles. The quantitative estimate of drug-likeness (QED) is 0.435. The van der Waals surface area contributed by atoms with Crippen LogP contribution in [0.25, 0.3) is 0 Å². The summed E-state index contributed by atoms with van der Waals surface area (Å²) < 4.78 is 16.3. The van der Waals surface area contributed by atoms with E-state index in [4.69, 9.17) is 14.2 Å². The van der Waals surface area contributed by atoms with Crippen LogP contribution in [0, 0.1) is 12.8 Å². The van der Waals surface area contributed by atoms with Crippen LogP contribution in [-0.4, -0.2) is 32.9 Å². The third kappa shape index (κ3) is 7.43. The smallest absolute Gasteiger partial charge is 0.240 e. The number of ether oxygens (including phenoxy) is 3. The zero-order valence-corrected chi connectivity index (χ0v) is 18.5. The van der Waals surface area contributed by atoms with Gasteiger partial charge in [0.05, 0.1) is 27.0 Å². The van der Waals surface area contributed by atoms with Crippen LogP contribution in [0.1, 0.15) is 43.4 Å². The number of amides is 1. The zero-order chi connectivity index (χ0) is 21.9. The van der Waals surface area contributed by atoms with Gasteiger partial charge in [0.1, 0.15) is 5.75 Å². The number of rotatable bonds is 11. The van der Waals surface area contributed by atoms with E-state index >= 15 is 0 Å². The summed E-state index contributed by atoms with van der Waals surface area (Å²) in [5.74, 6) is 2.50. The molecule has 2 aromatic rings. The van der Waals surface area contributed by atoms with Crippen molar-refractivity contribution in [1.29, 1.82) is 0 Å². The van der Waals surface area contributed by atoms with E-state index in [0.29, 0.717) is 30.4 Å². The molecule has 0 bridgehead atoms. The van der Waals surface area contributed by atoms with Gasteiger partial charge in [0.2, 0.25) is 5.91 Å². The van der Waals surface area contributed by atoms with Gasteiger partial charge in [-0.1, -0.05) is 19.9 Å². The second-order valence-electron chi connectivity index (χ2n) is 7.55. The predicted molar refractivity (Wildman–Crippen MR) is 120 cm³/mol. The molecule has 1 N–H and O–H groups in total. The van der Waals surface area contributed by atoms with Crippen molar-refractivity contribution in [3.63, 3.8) is 0 Å². The summed E-state index contributed by atoms with van der Waals surface area (Å²) in [6.45, 7) is 6.86. The molecule has 0 atom stereocenters. The molecule has 162 valence electrons. The standard InChI is InChI=1S/C24H32N2O4/c1-17(2)16-30-22-12-9-19(14-23(22)29-5)15-25-26-24(27)8-6-7-20-10-11-21(28-4)13-18(20)3/h9-15,17H,6-8,16H2,1-5H3,(H,26,27)/b25-15-. The summed E-state index contributed by atoms with van der Waals surface area (Å²) in [5, 5.41) is 4.05. The number of aryl methyl sites for hydroxylation is 2. The van der Waals surface area contributed by atoms with Crippen LogP contribution < -0.4 is 19.6 Å². The molecular formula is C24H32N2O4. The van der Waals surface area contributed by atoms with E-state index in [-0.39, 0.29) is 5.91 Å². The lowest BCUT2D eigenvalue weighted by atomic mass is 10.0. The molecule has 2 aromatic carbocycles. The molecule has 0 spiro atoms. The van der Waals surface area contributed by atoms with Gasteiger partial charge < -0.3 is 14.2 Å². The molecule has 0 aromatic heterocycles. The van der Waals surface area contributed by atoms with Crippen LogP contribution >= 0.6 is 0 Å². The fourth-order valence-corrected chi connectivity index (χ4v) is 2.89. The van der Waals surface area contributed by atoms with Crippen LogP contribution in [0.2, 0.25) is 0 Å². The third-order valence-corrected chi connectivity index (χ3v) is 4.56. The van der Waals surface area contributed by atoms with Crippen molar-refractivity contribution < 1.29 is 19.0 Å². The molecule has 0 fully saturated rings. The van der Waals surface area contributed by atoms with E-state index in [1.165, 1.54) is 11.1 Å². The highest BCUT2D eigenvalue weighted by Gasteiger charge is 2.07. The first-order chi connectivity index (χ1) is 14.4. The van der Waals surface area contributed by atoms with Crippen molar-refractivity contribution in [3.8, 4) is 17.2 Å². The highest BCUT2D eigenvalue weighted by Crippen LogP contribution is 2.28. The van der Waals surface area contributed by atoms with Crippen LogP contribution in [0.4, 0.5) is 0 Å². The maximum atomic E-state index is 12.0. The Bertz CT molecular complexity index is 862. The molecule has 0 unspecified atom stereocenters. The highest BCUT2D eigenvalue weighted by molar-refractivity contribution is 5.83. The maximum absolute atomic E-state index is 12.0. The van der Waals surface area contributed by atoms with Gasteiger partial charge in [0.15, 0.2) is 11.5 Å². The normalized spacial score (nSPS) is 11.0. The molecule has 1 amide bonds. The summed E-state index contributed by atoms with van der Waals surface area (Å²) in [6.07, 6.45) is 3.60. The molecule has 0 aliphatic heterocycles. The van der Waals surface area contributed by atoms with Gasteiger partial charge in [-0.05, 0) is 72.7 Å². The first kappa shape index (κ1) is 23.3. The van der Waals surface area contributed by atoms with Crippen LogP contribution in [0.5, 0.6) is 17.2 Å². The number of carbonyl (C=O) groups is 1. The maximum Gasteiger partial charge on any atom is 0.240 e. The van der Waals surface area contributed by atoms with Crippen molar-refractivity contribution in [3.05, 3.63) is 53.1 Å². The molecule has 2 rings (SSSR count). The molecular weight excluding hydrogens is 380 g/mol. The Balaban J connectivity index is 1.81. The first-order valence-corrected chi connectivity index (χ1v) is 10.2. The van der Waals surface area contributed by atoms with Gasteiger partial charge in [-0.25, -0.2) is 5.43 Å². The number of methoxy groups -OCH3 is 2. The number of nitrogens with zero attached hydrogens (tertiary/aromatic N) is 1. The Labute approximate surface area is 179 Å². The van der Waals surface area contributed by atoms with E-state index in [2.05, 4.69) is 31.3 Å². The molecule has 6 nitrogen and oxygen atoms in total. The van der Waals surface area contributed by atoms with E-state index in [1.54, 1.807) is 20.4 Å². The minimum Gasteiger partial charge on any atom is -0.497 e. The minimum absolute atomic E-state index is 0.110. The molecule has 6 heteroatoms. The Hall–Kier alpha value is -3.02. The van der Waals surface area contributed by atoms with Crippen molar-refractivity contribution in [2.45, 2.75) is 40.0 Å². The largest absolute Gasteiger partial charge is 0.497 e. The van der Waals surface area contributed by atoms with Crippen molar-refractivity contribution >= 4 is 12.1 Å². The lowest BCUT2D eigenvalue weighted by Crippen LogP contribution is -2.17. The van der Waals surface area contributed by atoms with Crippen molar-refractivity contribution in [2.75, 3.05) is 20.8 Å². The fourth-order valence-electron chi connectivity index (χ4n) is 2.89. The topological polar surface area (TPSA) is 69.2 Å². The Morgan fingerprint density at radius 1 is 1.10 bits per heavy atom. The summed E-state index contributed by atoms with van der Waals surface area (Å²) in [5.41, 5.74) is 5.79. The van der Waals surface area contributed by atoms with Gasteiger partial charge >= 0.3 is 0 Å². The molecule has 30 heavy (non-hydrogen) atoms.